The van der Waals surface area contributed by atoms with E-state index in [2.05, 4.69) is 25.8 Å². The van der Waals surface area contributed by atoms with E-state index < -0.39 is 0 Å². The molecular formula is C13H18FN5S. The first-order valence-corrected chi connectivity index (χ1v) is 7.38. The Morgan fingerprint density at radius 1 is 1.10 bits per heavy atom. The van der Waals surface area contributed by atoms with Crippen molar-refractivity contribution in [2.24, 2.45) is 0 Å². The zero-order chi connectivity index (χ0) is 14.4. The van der Waals surface area contributed by atoms with Gasteiger partial charge in [0.05, 0.1) is 0 Å². The van der Waals surface area contributed by atoms with E-state index in [0.29, 0.717) is 17.8 Å². The number of unbranched alkanes of at least 4 members (excludes halogenated alkanes) is 1. The Kier molecular flexibility index (Phi) is 5.23. The molecule has 0 saturated carbocycles. The standard InChI is InChI=1S/C13H18FN5S/c1-15-10-8-7-9(12(14)17-10)5-3-4-6-11-18-19-13(16-2)20-11/h7-8H,3-6H2,1-2H3,(H,15,17)(H,16,19). The number of hydrogen-bond donors (Lipinski definition) is 2. The fraction of sp³-hybridized carbons (Fsp3) is 0.462. The van der Waals surface area contributed by atoms with Gasteiger partial charge in [0.2, 0.25) is 11.1 Å². The van der Waals surface area contributed by atoms with Crippen molar-refractivity contribution in [2.75, 3.05) is 24.7 Å². The van der Waals surface area contributed by atoms with Crippen molar-refractivity contribution in [2.45, 2.75) is 25.7 Å². The second kappa shape index (κ2) is 7.14. The monoisotopic (exact) mass is 295 g/mol. The molecule has 2 aromatic rings. The largest absolute Gasteiger partial charge is 0.373 e. The van der Waals surface area contributed by atoms with Crippen LogP contribution in [-0.4, -0.2) is 29.3 Å². The number of aryl methyl sites for hydroxylation is 2. The highest BCUT2D eigenvalue weighted by Gasteiger charge is 2.06. The molecule has 20 heavy (non-hydrogen) atoms. The third-order valence-electron chi connectivity index (χ3n) is 2.95. The van der Waals surface area contributed by atoms with E-state index in [0.717, 1.165) is 29.4 Å². The lowest BCUT2D eigenvalue weighted by molar-refractivity contribution is 0.561. The summed E-state index contributed by atoms with van der Waals surface area (Å²) in [5.74, 6) is 0.171. The molecule has 0 bridgehead atoms. The second-order valence-electron chi connectivity index (χ2n) is 4.35. The number of nitrogens with one attached hydrogen (secondary N) is 2. The molecule has 0 fully saturated rings. The van der Waals surface area contributed by atoms with Gasteiger partial charge in [-0.1, -0.05) is 17.4 Å². The summed E-state index contributed by atoms with van der Waals surface area (Å²) in [5.41, 5.74) is 0.664. The highest BCUT2D eigenvalue weighted by Crippen LogP contribution is 2.17. The van der Waals surface area contributed by atoms with Crippen molar-refractivity contribution in [1.82, 2.24) is 15.2 Å². The maximum absolute atomic E-state index is 13.7. The maximum atomic E-state index is 13.7. The van der Waals surface area contributed by atoms with Gasteiger partial charge in [-0.25, -0.2) is 4.98 Å². The first-order chi connectivity index (χ1) is 9.72. The molecule has 2 N–H and O–H groups in total. The molecule has 0 spiro atoms. The molecule has 0 amide bonds. The van der Waals surface area contributed by atoms with Crippen molar-refractivity contribution in [1.29, 1.82) is 0 Å². The Hall–Kier alpha value is -1.76. The van der Waals surface area contributed by atoms with Crippen LogP contribution in [0, 0.1) is 5.95 Å². The van der Waals surface area contributed by atoms with Crippen LogP contribution in [0.4, 0.5) is 15.3 Å². The Labute approximate surface area is 121 Å². The number of nitrogens with zero attached hydrogens (tertiary/aromatic N) is 3. The van der Waals surface area contributed by atoms with Crippen LogP contribution in [0.25, 0.3) is 0 Å². The molecule has 0 aliphatic heterocycles. The number of rotatable bonds is 7. The first-order valence-electron chi connectivity index (χ1n) is 6.56. The Balaban J connectivity index is 1.78. The molecule has 0 aliphatic carbocycles. The summed E-state index contributed by atoms with van der Waals surface area (Å²) in [6.45, 7) is 0. The highest BCUT2D eigenvalue weighted by molar-refractivity contribution is 7.15. The summed E-state index contributed by atoms with van der Waals surface area (Å²) in [5, 5.41) is 15.7. The van der Waals surface area contributed by atoms with Gasteiger partial charge in [0, 0.05) is 26.1 Å². The molecule has 0 aliphatic rings. The number of halogens is 1. The van der Waals surface area contributed by atoms with Crippen molar-refractivity contribution in [3.8, 4) is 0 Å². The van der Waals surface area contributed by atoms with Gasteiger partial charge in [-0.2, -0.15) is 4.39 Å². The summed E-state index contributed by atoms with van der Waals surface area (Å²) >= 11 is 1.56. The summed E-state index contributed by atoms with van der Waals surface area (Å²) in [6.07, 6.45) is 3.45. The summed E-state index contributed by atoms with van der Waals surface area (Å²) in [6, 6.07) is 3.58. The van der Waals surface area contributed by atoms with Crippen LogP contribution < -0.4 is 10.6 Å². The Morgan fingerprint density at radius 3 is 2.55 bits per heavy atom. The third kappa shape index (κ3) is 3.86. The van der Waals surface area contributed by atoms with Crippen LogP contribution in [0.5, 0.6) is 0 Å². The second-order valence-corrected chi connectivity index (χ2v) is 5.42. The third-order valence-corrected chi connectivity index (χ3v) is 3.95. The predicted octanol–water partition coefficient (Wildman–Crippen LogP) is 2.72. The number of anilines is 2. The van der Waals surface area contributed by atoms with E-state index in [1.54, 1.807) is 30.5 Å². The normalized spacial score (nSPS) is 10.6. The molecule has 2 rings (SSSR count). The topological polar surface area (TPSA) is 62.7 Å². The van der Waals surface area contributed by atoms with Gasteiger partial charge in [-0.05, 0) is 25.3 Å². The van der Waals surface area contributed by atoms with Crippen LogP contribution >= 0.6 is 11.3 Å². The van der Waals surface area contributed by atoms with Crippen LogP contribution in [0.1, 0.15) is 23.4 Å². The number of pyridine rings is 1. The minimum atomic E-state index is -0.384. The molecule has 0 unspecified atom stereocenters. The average molecular weight is 295 g/mol. The molecule has 0 aromatic carbocycles. The molecule has 2 aromatic heterocycles. The molecule has 0 radical (unpaired) electrons. The van der Waals surface area contributed by atoms with E-state index in [1.807, 2.05) is 7.05 Å². The molecule has 0 atom stereocenters. The van der Waals surface area contributed by atoms with Gasteiger partial charge in [0.25, 0.3) is 0 Å². The molecule has 108 valence electrons. The van der Waals surface area contributed by atoms with Gasteiger partial charge >= 0.3 is 0 Å². The summed E-state index contributed by atoms with van der Waals surface area (Å²) < 4.78 is 13.7. The van der Waals surface area contributed by atoms with Gasteiger partial charge in [-0.15, -0.1) is 10.2 Å². The van der Waals surface area contributed by atoms with E-state index in [4.69, 9.17) is 0 Å². The smallest absolute Gasteiger partial charge is 0.217 e. The maximum Gasteiger partial charge on any atom is 0.217 e. The lowest BCUT2D eigenvalue weighted by Crippen LogP contribution is -1.99. The first kappa shape index (κ1) is 14.6. The van der Waals surface area contributed by atoms with Gasteiger partial charge in [0.15, 0.2) is 0 Å². The highest BCUT2D eigenvalue weighted by atomic mass is 32.1. The fourth-order valence-corrected chi connectivity index (χ4v) is 2.57. The fourth-order valence-electron chi connectivity index (χ4n) is 1.84. The lowest BCUT2D eigenvalue weighted by atomic mass is 10.1. The molecular weight excluding hydrogens is 277 g/mol. The van der Waals surface area contributed by atoms with E-state index in [9.17, 15) is 4.39 Å². The lowest BCUT2D eigenvalue weighted by Gasteiger charge is -2.04. The van der Waals surface area contributed by atoms with Crippen LogP contribution in [0.15, 0.2) is 12.1 Å². The van der Waals surface area contributed by atoms with Crippen LogP contribution in [-0.2, 0) is 12.8 Å². The SMILES string of the molecule is CNc1ccc(CCCCc2nnc(NC)s2)c(F)n1. The van der Waals surface area contributed by atoms with Gasteiger partial charge in [-0.3, -0.25) is 0 Å². The van der Waals surface area contributed by atoms with E-state index in [1.165, 1.54) is 0 Å². The zero-order valence-electron chi connectivity index (χ0n) is 11.6. The van der Waals surface area contributed by atoms with E-state index >= 15 is 0 Å². The Morgan fingerprint density at radius 2 is 1.90 bits per heavy atom. The predicted molar refractivity (Wildman–Crippen MR) is 79.8 cm³/mol. The average Bonchev–Trinajstić information content (AvgIpc) is 2.92. The van der Waals surface area contributed by atoms with Crippen molar-refractivity contribution < 1.29 is 4.39 Å². The molecule has 5 nitrogen and oxygen atoms in total. The van der Waals surface area contributed by atoms with E-state index in [-0.39, 0.29) is 5.95 Å². The van der Waals surface area contributed by atoms with Crippen molar-refractivity contribution >= 4 is 22.3 Å². The molecule has 2 heterocycles. The minimum absolute atomic E-state index is 0.384. The Bertz CT molecular complexity index is 557. The van der Waals surface area contributed by atoms with Crippen LogP contribution in [0.3, 0.4) is 0 Å². The minimum Gasteiger partial charge on any atom is -0.373 e. The van der Waals surface area contributed by atoms with Crippen molar-refractivity contribution in [3.63, 3.8) is 0 Å². The van der Waals surface area contributed by atoms with Crippen LogP contribution in [0.2, 0.25) is 0 Å². The number of hydrogen-bond acceptors (Lipinski definition) is 6. The van der Waals surface area contributed by atoms with Gasteiger partial charge < -0.3 is 10.6 Å². The van der Waals surface area contributed by atoms with Crippen molar-refractivity contribution in [3.05, 3.63) is 28.7 Å². The summed E-state index contributed by atoms with van der Waals surface area (Å²) in [7, 11) is 3.55. The summed E-state index contributed by atoms with van der Waals surface area (Å²) in [4.78, 5) is 3.84. The zero-order valence-corrected chi connectivity index (χ0v) is 12.4. The molecule has 0 saturated heterocycles. The number of aromatic nitrogens is 3. The molecule has 7 heteroatoms. The quantitative estimate of drug-likeness (QED) is 0.607. The van der Waals surface area contributed by atoms with Gasteiger partial charge in [0.1, 0.15) is 10.8 Å².